The van der Waals surface area contributed by atoms with Crippen molar-refractivity contribution < 1.29 is 0 Å². The summed E-state index contributed by atoms with van der Waals surface area (Å²) < 4.78 is 0. The summed E-state index contributed by atoms with van der Waals surface area (Å²) in [5, 5.41) is 0. The quantitative estimate of drug-likeness (QED) is 0.513. The summed E-state index contributed by atoms with van der Waals surface area (Å²) in [4.78, 5) is 0. The maximum Gasteiger partial charge on any atom is -0.0260 e. The number of hydrogen-bond acceptors (Lipinski definition) is 0. The van der Waals surface area contributed by atoms with Crippen LogP contribution >= 0.6 is 0 Å². The molecule has 0 nitrogen and oxygen atoms in total. The van der Waals surface area contributed by atoms with Gasteiger partial charge in [0.25, 0.3) is 0 Å². The Morgan fingerprint density at radius 1 is 1.60 bits per heavy atom. The third-order valence-corrected chi connectivity index (χ3v) is 2.56. The van der Waals surface area contributed by atoms with Crippen LogP contribution in [0.2, 0.25) is 0 Å². The lowest BCUT2D eigenvalue weighted by Gasteiger charge is -2.08. The highest BCUT2D eigenvalue weighted by Gasteiger charge is 2.16. The molecule has 1 atom stereocenters. The summed E-state index contributed by atoms with van der Waals surface area (Å²) in [7, 11) is 0. The third kappa shape index (κ3) is 1.62. The van der Waals surface area contributed by atoms with E-state index in [0.717, 1.165) is 11.8 Å². The first-order valence-electron chi connectivity index (χ1n) is 4.43. The largest absolute Gasteiger partial charge is 0.0848 e. The van der Waals surface area contributed by atoms with Gasteiger partial charge in [-0.1, -0.05) is 38.8 Å². The zero-order valence-electron chi connectivity index (χ0n) is 7.35. The van der Waals surface area contributed by atoms with Crippen molar-refractivity contribution in [1.82, 2.24) is 0 Å². The molecule has 10 heavy (non-hydrogen) atoms. The standard InChI is InChI=1S/C10H18/c1-4-9-5-6-10(7-9)8(2)3/h6,8-9H,4-5,7H2,1-3H3. The highest BCUT2D eigenvalue weighted by Crippen LogP contribution is 2.31. The molecule has 0 aromatic rings. The molecule has 1 aliphatic rings. The molecule has 0 saturated heterocycles. The van der Waals surface area contributed by atoms with Crippen molar-refractivity contribution in [3.8, 4) is 0 Å². The summed E-state index contributed by atoms with van der Waals surface area (Å²) in [6, 6.07) is 0. The Labute approximate surface area is 64.3 Å². The van der Waals surface area contributed by atoms with Gasteiger partial charge in [-0.05, 0) is 24.7 Å². The van der Waals surface area contributed by atoms with Crippen LogP contribution in [0.25, 0.3) is 0 Å². The topological polar surface area (TPSA) is 0 Å². The first-order chi connectivity index (χ1) is 4.74. The second-order valence-electron chi connectivity index (χ2n) is 3.65. The van der Waals surface area contributed by atoms with Gasteiger partial charge in [-0.2, -0.15) is 0 Å². The van der Waals surface area contributed by atoms with Gasteiger partial charge in [0.1, 0.15) is 0 Å². The van der Waals surface area contributed by atoms with E-state index in [-0.39, 0.29) is 0 Å². The Morgan fingerprint density at radius 3 is 2.60 bits per heavy atom. The van der Waals surface area contributed by atoms with Gasteiger partial charge in [0, 0.05) is 0 Å². The van der Waals surface area contributed by atoms with E-state index >= 15 is 0 Å². The summed E-state index contributed by atoms with van der Waals surface area (Å²) in [5.74, 6) is 1.76. The van der Waals surface area contributed by atoms with Crippen LogP contribution in [0.3, 0.4) is 0 Å². The summed E-state index contributed by atoms with van der Waals surface area (Å²) >= 11 is 0. The number of rotatable bonds is 2. The highest BCUT2D eigenvalue weighted by molar-refractivity contribution is 5.11. The molecule has 1 aliphatic carbocycles. The fourth-order valence-corrected chi connectivity index (χ4v) is 1.60. The van der Waals surface area contributed by atoms with Gasteiger partial charge in [0.15, 0.2) is 0 Å². The van der Waals surface area contributed by atoms with E-state index in [1.54, 1.807) is 5.57 Å². The summed E-state index contributed by atoms with van der Waals surface area (Å²) in [5.41, 5.74) is 1.69. The molecule has 1 rings (SSSR count). The van der Waals surface area contributed by atoms with Crippen LogP contribution in [0.15, 0.2) is 11.6 Å². The van der Waals surface area contributed by atoms with Gasteiger partial charge in [0.2, 0.25) is 0 Å². The lowest BCUT2D eigenvalue weighted by atomic mass is 9.97. The Morgan fingerprint density at radius 2 is 2.30 bits per heavy atom. The van der Waals surface area contributed by atoms with Crippen LogP contribution in [-0.2, 0) is 0 Å². The molecule has 58 valence electrons. The summed E-state index contributed by atoms with van der Waals surface area (Å²) in [6.07, 6.45) is 6.50. The number of hydrogen-bond donors (Lipinski definition) is 0. The van der Waals surface area contributed by atoms with Crippen LogP contribution in [0.5, 0.6) is 0 Å². The lowest BCUT2D eigenvalue weighted by molar-refractivity contribution is 0.527. The van der Waals surface area contributed by atoms with Crippen molar-refractivity contribution in [3.63, 3.8) is 0 Å². The average molecular weight is 138 g/mol. The van der Waals surface area contributed by atoms with E-state index in [9.17, 15) is 0 Å². The Bertz CT molecular complexity index is 131. The monoisotopic (exact) mass is 138 g/mol. The molecular weight excluding hydrogens is 120 g/mol. The SMILES string of the molecule is CCC1CC=C(C(C)C)C1. The van der Waals surface area contributed by atoms with Crippen molar-refractivity contribution in [2.45, 2.75) is 40.0 Å². The molecule has 0 heteroatoms. The predicted molar refractivity (Wildman–Crippen MR) is 45.9 cm³/mol. The van der Waals surface area contributed by atoms with E-state index in [0.29, 0.717) is 0 Å². The van der Waals surface area contributed by atoms with Gasteiger partial charge in [-0.3, -0.25) is 0 Å². The molecule has 0 aliphatic heterocycles. The Balaban J connectivity index is 2.39. The molecule has 0 N–H and O–H groups in total. The van der Waals surface area contributed by atoms with Crippen LogP contribution < -0.4 is 0 Å². The predicted octanol–water partition coefficient (Wildman–Crippen LogP) is 3.39. The van der Waals surface area contributed by atoms with E-state index in [1.165, 1.54) is 19.3 Å². The Hall–Kier alpha value is -0.260. The Kier molecular flexibility index (Phi) is 2.53. The summed E-state index contributed by atoms with van der Waals surface area (Å²) in [6.45, 7) is 6.88. The van der Waals surface area contributed by atoms with Crippen LogP contribution in [-0.4, -0.2) is 0 Å². The van der Waals surface area contributed by atoms with Gasteiger partial charge in [-0.25, -0.2) is 0 Å². The van der Waals surface area contributed by atoms with E-state index in [1.807, 2.05) is 0 Å². The third-order valence-electron chi connectivity index (χ3n) is 2.56. The van der Waals surface area contributed by atoms with E-state index < -0.39 is 0 Å². The van der Waals surface area contributed by atoms with Crippen molar-refractivity contribution in [2.75, 3.05) is 0 Å². The fraction of sp³-hybridized carbons (Fsp3) is 0.800. The first-order valence-corrected chi connectivity index (χ1v) is 4.43. The molecule has 0 bridgehead atoms. The molecule has 1 unspecified atom stereocenters. The zero-order valence-corrected chi connectivity index (χ0v) is 7.35. The minimum Gasteiger partial charge on any atom is -0.0848 e. The van der Waals surface area contributed by atoms with Gasteiger partial charge in [0.05, 0.1) is 0 Å². The van der Waals surface area contributed by atoms with Crippen molar-refractivity contribution in [1.29, 1.82) is 0 Å². The molecule has 0 fully saturated rings. The minimum atomic E-state index is 0.788. The van der Waals surface area contributed by atoms with Crippen LogP contribution in [0.1, 0.15) is 40.0 Å². The van der Waals surface area contributed by atoms with Crippen LogP contribution in [0.4, 0.5) is 0 Å². The highest BCUT2D eigenvalue weighted by atomic mass is 14.2. The molecule has 0 amide bonds. The maximum atomic E-state index is 2.44. The molecule has 0 aromatic carbocycles. The molecule has 0 heterocycles. The van der Waals surface area contributed by atoms with Gasteiger partial charge in [-0.15, -0.1) is 0 Å². The number of allylic oxidation sites excluding steroid dienone is 2. The van der Waals surface area contributed by atoms with E-state index in [4.69, 9.17) is 0 Å². The van der Waals surface area contributed by atoms with Gasteiger partial charge >= 0.3 is 0 Å². The van der Waals surface area contributed by atoms with Crippen molar-refractivity contribution in [2.24, 2.45) is 11.8 Å². The van der Waals surface area contributed by atoms with Crippen molar-refractivity contribution >= 4 is 0 Å². The fourth-order valence-electron chi connectivity index (χ4n) is 1.60. The molecule has 0 saturated carbocycles. The smallest absolute Gasteiger partial charge is 0.0260 e. The van der Waals surface area contributed by atoms with Crippen LogP contribution in [0, 0.1) is 11.8 Å². The molecule has 0 spiro atoms. The van der Waals surface area contributed by atoms with Gasteiger partial charge < -0.3 is 0 Å². The lowest BCUT2D eigenvalue weighted by Crippen LogP contribution is -1.95. The second kappa shape index (κ2) is 3.23. The zero-order chi connectivity index (χ0) is 7.56. The first kappa shape index (κ1) is 7.84. The van der Waals surface area contributed by atoms with E-state index in [2.05, 4.69) is 26.8 Å². The maximum absolute atomic E-state index is 2.44. The average Bonchev–Trinajstić information content (AvgIpc) is 2.34. The molecule has 0 radical (unpaired) electrons. The molecule has 0 aromatic heterocycles. The molecular formula is C10H18. The second-order valence-corrected chi connectivity index (χ2v) is 3.65. The normalized spacial score (nSPS) is 25.6. The minimum absolute atomic E-state index is 0.788. The van der Waals surface area contributed by atoms with Crippen molar-refractivity contribution in [3.05, 3.63) is 11.6 Å².